The second-order valence-corrected chi connectivity index (χ2v) is 9.26. The fraction of sp³-hybridized carbons (Fsp3) is 0.381. The Bertz CT molecular complexity index is 1030. The Morgan fingerprint density at radius 1 is 1.09 bits per heavy atom. The zero-order chi connectivity index (χ0) is 23.4. The smallest absolute Gasteiger partial charge is 0.416 e. The lowest BCUT2D eigenvalue weighted by molar-refractivity contribution is -0.137. The number of nitrogens with one attached hydrogen (secondary N) is 1. The average molecular weight is 474 g/mol. The standard InChI is InChI=1S/C21H22F4N2O4S/c22-16-4-6-19(7-5-16)32(29,30)27-11-8-17(9-12-27)26-20(28)10-13-31-18-3-1-2-15(14-18)21(23,24)25/h1-7,14,17H,8-13H2,(H,26,28). The van der Waals surface area contributed by atoms with Crippen LogP contribution >= 0.6 is 0 Å². The monoisotopic (exact) mass is 474 g/mol. The second kappa shape index (κ2) is 9.86. The molecule has 1 aliphatic rings. The molecule has 1 fully saturated rings. The highest BCUT2D eigenvalue weighted by atomic mass is 32.2. The van der Waals surface area contributed by atoms with Gasteiger partial charge >= 0.3 is 6.18 Å². The molecule has 1 N–H and O–H groups in total. The van der Waals surface area contributed by atoms with Crippen molar-refractivity contribution in [2.24, 2.45) is 0 Å². The lowest BCUT2D eigenvalue weighted by Crippen LogP contribution is -2.46. The first-order valence-corrected chi connectivity index (χ1v) is 11.3. The van der Waals surface area contributed by atoms with Crippen molar-refractivity contribution in [3.8, 4) is 5.75 Å². The summed E-state index contributed by atoms with van der Waals surface area (Å²) in [6, 6.07) is 8.78. The minimum absolute atomic E-state index is 0.00752. The summed E-state index contributed by atoms with van der Waals surface area (Å²) < 4.78 is 83.0. The number of rotatable bonds is 7. The van der Waals surface area contributed by atoms with Crippen LogP contribution in [0.2, 0.25) is 0 Å². The van der Waals surface area contributed by atoms with E-state index in [1.165, 1.54) is 28.6 Å². The third-order valence-electron chi connectivity index (χ3n) is 5.03. The van der Waals surface area contributed by atoms with Gasteiger partial charge in [0.25, 0.3) is 0 Å². The SMILES string of the molecule is O=C(CCOc1cccc(C(F)(F)F)c1)NC1CCN(S(=O)(=O)c2ccc(F)cc2)CC1. The van der Waals surface area contributed by atoms with Crippen LogP contribution in [0.1, 0.15) is 24.8 Å². The Morgan fingerprint density at radius 2 is 1.75 bits per heavy atom. The first kappa shape index (κ1) is 24.0. The normalized spacial score (nSPS) is 16.0. The molecule has 0 aromatic heterocycles. The van der Waals surface area contributed by atoms with Crippen LogP contribution in [0.4, 0.5) is 17.6 Å². The van der Waals surface area contributed by atoms with Crippen LogP contribution in [0.5, 0.6) is 5.75 Å². The number of carbonyl (C=O) groups is 1. The third kappa shape index (κ3) is 6.19. The molecule has 1 aliphatic heterocycles. The predicted molar refractivity (Wildman–Crippen MR) is 108 cm³/mol. The van der Waals surface area contributed by atoms with Gasteiger partial charge in [-0.3, -0.25) is 4.79 Å². The maximum atomic E-state index is 13.0. The Hall–Kier alpha value is -2.66. The molecule has 1 saturated heterocycles. The van der Waals surface area contributed by atoms with Gasteiger partial charge in [-0.1, -0.05) is 6.07 Å². The van der Waals surface area contributed by atoms with Gasteiger partial charge < -0.3 is 10.1 Å². The van der Waals surface area contributed by atoms with Gasteiger partial charge in [-0.2, -0.15) is 17.5 Å². The molecule has 2 aromatic rings. The number of carbonyl (C=O) groups excluding carboxylic acids is 1. The molecule has 0 saturated carbocycles. The summed E-state index contributed by atoms with van der Waals surface area (Å²) in [7, 11) is -3.74. The molecule has 6 nitrogen and oxygen atoms in total. The molecule has 174 valence electrons. The molecule has 2 aromatic carbocycles. The van der Waals surface area contributed by atoms with Crippen molar-refractivity contribution >= 4 is 15.9 Å². The number of amides is 1. The molecule has 0 unspecified atom stereocenters. The summed E-state index contributed by atoms with van der Waals surface area (Å²) in [5.41, 5.74) is -0.832. The van der Waals surface area contributed by atoms with Crippen LogP contribution in [0.15, 0.2) is 53.4 Å². The van der Waals surface area contributed by atoms with Gasteiger partial charge in [0.1, 0.15) is 11.6 Å². The van der Waals surface area contributed by atoms with Crippen molar-refractivity contribution < 1.29 is 35.5 Å². The molecule has 0 bridgehead atoms. The highest BCUT2D eigenvalue weighted by Gasteiger charge is 2.31. The quantitative estimate of drug-likeness (QED) is 0.623. The molecule has 11 heteroatoms. The van der Waals surface area contributed by atoms with E-state index in [9.17, 15) is 30.8 Å². The first-order chi connectivity index (χ1) is 15.1. The van der Waals surface area contributed by atoms with E-state index in [0.29, 0.717) is 12.8 Å². The summed E-state index contributed by atoms with van der Waals surface area (Å²) in [6.45, 7) is 0.307. The van der Waals surface area contributed by atoms with Crippen molar-refractivity contribution in [2.45, 2.75) is 36.4 Å². The lowest BCUT2D eigenvalue weighted by Gasteiger charge is -2.31. The highest BCUT2D eigenvalue weighted by Crippen LogP contribution is 2.31. The predicted octanol–water partition coefficient (Wildman–Crippen LogP) is 3.58. The number of nitrogens with zero attached hydrogens (tertiary/aromatic N) is 1. The molecule has 1 amide bonds. The van der Waals surface area contributed by atoms with Gasteiger partial charge in [0.05, 0.1) is 23.5 Å². The second-order valence-electron chi connectivity index (χ2n) is 7.32. The van der Waals surface area contributed by atoms with Crippen LogP contribution in [0.3, 0.4) is 0 Å². The topological polar surface area (TPSA) is 75.7 Å². The van der Waals surface area contributed by atoms with E-state index in [1.54, 1.807) is 0 Å². The van der Waals surface area contributed by atoms with Gasteiger partial charge in [0, 0.05) is 19.1 Å². The Kier molecular flexibility index (Phi) is 7.40. The van der Waals surface area contributed by atoms with E-state index in [-0.39, 0.29) is 48.7 Å². The van der Waals surface area contributed by atoms with Gasteiger partial charge in [-0.15, -0.1) is 0 Å². The van der Waals surface area contributed by atoms with E-state index in [0.717, 1.165) is 24.3 Å². The summed E-state index contributed by atoms with van der Waals surface area (Å²) in [6.07, 6.45) is -3.72. The number of sulfonamides is 1. The zero-order valence-corrected chi connectivity index (χ0v) is 17.8. The van der Waals surface area contributed by atoms with Crippen LogP contribution in [-0.4, -0.2) is 44.4 Å². The Balaban J connectivity index is 1.43. The molecule has 0 atom stereocenters. The number of halogens is 4. The van der Waals surface area contributed by atoms with E-state index in [1.807, 2.05) is 0 Å². The Labute approximate surface area is 183 Å². The van der Waals surface area contributed by atoms with Crippen LogP contribution < -0.4 is 10.1 Å². The van der Waals surface area contributed by atoms with Crippen LogP contribution in [0.25, 0.3) is 0 Å². The summed E-state index contributed by atoms with van der Waals surface area (Å²) in [5.74, 6) is -0.842. The van der Waals surface area contributed by atoms with Crippen molar-refractivity contribution in [3.63, 3.8) is 0 Å². The minimum Gasteiger partial charge on any atom is -0.493 e. The largest absolute Gasteiger partial charge is 0.493 e. The number of benzene rings is 2. The van der Waals surface area contributed by atoms with Crippen molar-refractivity contribution in [1.29, 1.82) is 0 Å². The minimum atomic E-state index is -4.48. The van der Waals surface area contributed by atoms with E-state index in [4.69, 9.17) is 4.74 Å². The van der Waals surface area contributed by atoms with Gasteiger partial charge in [-0.25, -0.2) is 12.8 Å². The van der Waals surface area contributed by atoms with Crippen LogP contribution in [0, 0.1) is 5.82 Å². The summed E-state index contributed by atoms with van der Waals surface area (Å²) in [5, 5.41) is 2.79. The maximum absolute atomic E-state index is 13.0. The maximum Gasteiger partial charge on any atom is 0.416 e. The zero-order valence-electron chi connectivity index (χ0n) is 16.9. The van der Waals surface area contributed by atoms with Gasteiger partial charge in [0.2, 0.25) is 15.9 Å². The average Bonchev–Trinajstić information content (AvgIpc) is 2.74. The molecular formula is C21H22F4N2O4S. The van der Waals surface area contributed by atoms with E-state index >= 15 is 0 Å². The van der Waals surface area contributed by atoms with Crippen LogP contribution in [-0.2, 0) is 21.0 Å². The molecule has 32 heavy (non-hydrogen) atoms. The molecule has 3 rings (SSSR count). The molecule has 0 spiro atoms. The van der Waals surface area contributed by atoms with Gasteiger partial charge in [0.15, 0.2) is 0 Å². The molecule has 1 heterocycles. The summed E-state index contributed by atoms with van der Waals surface area (Å²) >= 11 is 0. The lowest BCUT2D eigenvalue weighted by atomic mass is 10.1. The number of piperidine rings is 1. The number of hydrogen-bond donors (Lipinski definition) is 1. The van der Waals surface area contributed by atoms with E-state index < -0.39 is 27.6 Å². The number of hydrogen-bond acceptors (Lipinski definition) is 4. The highest BCUT2D eigenvalue weighted by molar-refractivity contribution is 7.89. The number of alkyl halides is 3. The van der Waals surface area contributed by atoms with E-state index in [2.05, 4.69) is 5.32 Å². The van der Waals surface area contributed by atoms with Gasteiger partial charge in [-0.05, 0) is 55.3 Å². The van der Waals surface area contributed by atoms with Crippen molar-refractivity contribution in [3.05, 3.63) is 59.9 Å². The summed E-state index contributed by atoms with van der Waals surface area (Å²) in [4.78, 5) is 12.1. The number of ether oxygens (including phenoxy) is 1. The van der Waals surface area contributed by atoms with Crippen molar-refractivity contribution in [1.82, 2.24) is 9.62 Å². The first-order valence-electron chi connectivity index (χ1n) is 9.91. The van der Waals surface area contributed by atoms with Crippen molar-refractivity contribution in [2.75, 3.05) is 19.7 Å². The molecular weight excluding hydrogens is 452 g/mol. The molecule has 0 radical (unpaired) electrons. The third-order valence-corrected chi connectivity index (χ3v) is 6.94. The Morgan fingerprint density at radius 3 is 2.38 bits per heavy atom. The molecule has 0 aliphatic carbocycles. The fourth-order valence-corrected chi connectivity index (χ4v) is 4.79. The fourth-order valence-electron chi connectivity index (χ4n) is 3.32.